The third-order valence-corrected chi connectivity index (χ3v) is 3.93. The maximum atomic E-state index is 12.2. The number of nitrogens with one attached hydrogen (secondary N) is 2. The lowest BCUT2D eigenvalue weighted by Crippen LogP contribution is -2.10. The van der Waals surface area contributed by atoms with Crippen LogP contribution in [-0.4, -0.2) is 26.5 Å². The van der Waals surface area contributed by atoms with Crippen molar-refractivity contribution >= 4 is 11.2 Å². The summed E-state index contributed by atoms with van der Waals surface area (Å²) in [7, 11) is 0. The molecule has 0 unspecified atom stereocenters. The lowest BCUT2D eigenvalue weighted by atomic mass is 10.0. The molecule has 0 saturated carbocycles. The summed E-state index contributed by atoms with van der Waals surface area (Å²) in [6, 6.07) is 15.9. The number of nitrogens with zero attached hydrogens (tertiary/aromatic N) is 2. The van der Waals surface area contributed by atoms with Crippen molar-refractivity contribution in [2.45, 2.75) is 6.92 Å². The fourth-order valence-corrected chi connectivity index (χ4v) is 2.78. The molecule has 0 aliphatic carbocycles. The number of hydrogen-bond acceptors (Lipinski definition) is 4. The van der Waals surface area contributed by atoms with E-state index >= 15 is 0 Å². The maximum absolute atomic E-state index is 12.2. The lowest BCUT2D eigenvalue weighted by Gasteiger charge is -2.12. The van der Waals surface area contributed by atoms with Crippen molar-refractivity contribution in [2.24, 2.45) is 0 Å². The van der Waals surface area contributed by atoms with Crippen LogP contribution in [0.2, 0.25) is 0 Å². The Bertz CT molecular complexity index is 1080. The van der Waals surface area contributed by atoms with Gasteiger partial charge in [0.05, 0.1) is 18.5 Å². The van der Waals surface area contributed by atoms with Gasteiger partial charge in [0.1, 0.15) is 11.6 Å². The molecule has 0 aliphatic heterocycles. The SMILES string of the molecule is CCOc1cc(-c2ccccc2)ccc1-c1nc2[nH]cnc2c(=O)[nH]1. The zero-order valence-electron chi connectivity index (χ0n) is 13.6. The normalized spacial score (nSPS) is 10.9. The van der Waals surface area contributed by atoms with Crippen LogP contribution < -0.4 is 10.3 Å². The Hall–Kier alpha value is -3.41. The van der Waals surface area contributed by atoms with E-state index in [4.69, 9.17) is 4.74 Å². The molecule has 6 nitrogen and oxygen atoms in total. The number of ether oxygens (including phenoxy) is 1. The topological polar surface area (TPSA) is 83.7 Å². The maximum Gasteiger partial charge on any atom is 0.279 e. The Labute approximate surface area is 143 Å². The first-order valence-electron chi connectivity index (χ1n) is 8.02. The lowest BCUT2D eigenvalue weighted by molar-refractivity contribution is 0.341. The Kier molecular flexibility index (Phi) is 3.78. The molecule has 0 radical (unpaired) electrons. The first-order valence-corrected chi connectivity index (χ1v) is 8.02. The van der Waals surface area contributed by atoms with Crippen molar-refractivity contribution in [3.8, 4) is 28.3 Å². The van der Waals surface area contributed by atoms with E-state index in [1.807, 2.05) is 55.5 Å². The smallest absolute Gasteiger partial charge is 0.279 e. The van der Waals surface area contributed by atoms with Crippen molar-refractivity contribution in [2.75, 3.05) is 6.61 Å². The highest BCUT2D eigenvalue weighted by atomic mass is 16.5. The van der Waals surface area contributed by atoms with E-state index in [2.05, 4.69) is 19.9 Å². The number of H-pyrrole nitrogens is 2. The van der Waals surface area contributed by atoms with Gasteiger partial charge in [-0.25, -0.2) is 9.97 Å². The molecular formula is C19H16N4O2. The van der Waals surface area contributed by atoms with Crippen molar-refractivity contribution in [3.63, 3.8) is 0 Å². The molecule has 0 saturated heterocycles. The molecule has 2 aromatic carbocycles. The number of fused-ring (bicyclic) bond motifs is 1. The molecule has 25 heavy (non-hydrogen) atoms. The van der Waals surface area contributed by atoms with E-state index in [9.17, 15) is 4.79 Å². The minimum atomic E-state index is -0.282. The molecule has 0 fully saturated rings. The largest absolute Gasteiger partial charge is 0.493 e. The summed E-state index contributed by atoms with van der Waals surface area (Å²) < 4.78 is 5.80. The number of aromatic nitrogens is 4. The fraction of sp³-hybridized carbons (Fsp3) is 0.105. The molecule has 0 amide bonds. The first kappa shape index (κ1) is 15.1. The van der Waals surface area contributed by atoms with Gasteiger partial charge < -0.3 is 14.7 Å². The average Bonchev–Trinajstić information content (AvgIpc) is 3.12. The molecule has 6 heteroatoms. The molecular weight excluding hydrogens is 316 g/mol. The van der Waals surface area contributed by atoms with Gasteiger partial charge in [0.2, 0.25) is 0 Å². The standard InChI is InChI=1S/C19H16N4O2/c1-2-25-15-10-13(12-6-4-3-5-7-12)8-9-14(15)17-22-18-16(19(24)23-17)20-11-21-18/h3-11H,2H2,1H3,(H2,20,21,22,23,24). The Morgan fingerprint density at radius 3 is 2.72 bits per heavy atom. The van der Waals surface area contributed by atoms with Crippen LogP contribution in [0, 0.1) is 0 Å². The summed E-state index contributed by atoms with van der Waals surface area (Å²) in [4.78, 5) is 26.3. The number of rotatable bonds is 4. The van der Waals surface area contributed by atoms with Crippen molar-refractivity contribution < 1.29 is 4.74 Å². The van der Waals surface area contributed by atoms with E-state index < -0.39 is 0 Å². The zero-order chi connectivity index (χ0) is 17.2. The second-order valence-corrected chi connectivity index (χ2v) is 5.52. The summed E-state index contributed by atoms with van der Waals surface area (Å²) in [6.45, 7) is 2.44. The molecule has 0 bridgehead atoms. The Morgan fingerprint density at radius 1 is 1.08 bits per heavy atom. The third kappa shape index (κ3) is 2.78. The molecule has 2 N–H and O–H groups in total. The van der Waals surface area contributed by atoms with Crippen LogP contribution in [0.15, 0.2) is 59.7 Å². The van der Waals surface area contributed by atoms with Gasteiger partial charge >= 0.3 is 0 Å². The van der Waals surface area contributed by atoms with Gasteiger partial charge in [-0.2, -0.15) is 0 Å². The molecule has 4 rings (SSSR count). The Balaban J connectivity index is 1.86. The number of imidazole rings is 1. The number of hydrogen-bond donors (Lipinski definition) is 2. The monoisotopic (exact) mass is 332 g/mol. The van der Waals surface area contributed by atoms with Gasteiger partial charge in [-0.1, -0.05) is 36.4 Å². The predicted molar refractivity (Wildman–Crippen MR) is 96.6 cm³/mol. The summed E-state index contributed by atoms with van der Waals surface area (Å²) in [5.74, 6) is 1.12. The highest BCUT2D eigenvalue weighted by Crippen LogP contribution is 2.32. The minimum Gasteiger partial charge on any atom is -0.493 e. The molecule has 0 atom stereocenters. The van der Waals surface area contributed by atoms with Crippen molar-refractivity contribution in [1.29, 1.82) is 0 Å². The van der Waals surface area contributed by atoms with Gasteiger partial charge in [0.25, 0.3) is 5.56 Å². The molecule has 124 valence electrons. The van der Waals surface area contributed by atoms with Crippen LogP contribution in [0.25, 0.3) is 33.7 Å². The van der Waals surface area contributed by atoms with E-state index in [1.165, 1.54) is 6.33 Å². The molecule has 0 aliphatic rings. The van der Waals surface area contributed by atoms with E-state index in [1.54, 1.807) is 0 Å². The van der Waals surface area contributed by atoms with Crippen LogP contribution in [0.1, 0.15) is 6.92 Å². The quantitative estimate of drug-likeness (QED) is 0.600. The average molecular weight is 332 g/mol. The fourth-order valence-electron chi connectivity index (χ4n) is 2.78. The van der Waals surface area contributed by atoms with E-state index in [0.717, 1.165) is 16.7 Å². The second-order valence-electron chi connectivity index (χ2n) is 5.52. The van der Waals surface area contributed by atoms with Gasteiger partial charge in [0.15, 0.2) is 11.2 Å². The molecule has 2 aromatic heterocycles. The molecule has 0 spiro atoms. The summed E-state index contributed by atoms with van der Waals surface area (Å²) >= 11 is 0. The van der Waals surface area contributed by atoms with Gasteiger partial charge in [0, 0.05) is 0 Å². The van der Waals surface area contributed by atoms with Crippen LogP contribution in [0.3, 0.4) is 0 Å². The van der Waals surface area contributed by atoms with Gasteiger partial charge in [-0.05, 0) is 30.2 Å². The van der Waals surface area contributed by atoms with E-state index in [0.29, 0.717) is 29.3 Å². The third-order valence-electron chi connectivity index (χ3n) is 3.93. The van der Waals surface area contributed by atoms with Crippen molar-refractivity contribution in [3.05, 3.63) is 65.2 Å². The van der Waals surface area contributed by atoms with Gasteiger partial charge in [-0.15, -0.1) is 0 Å². The second kappa shape index (κ2) is 6.24. The summed E-state index contributed by atoms with van der Waals surface area (Å²) in [5.41, 5.74) is 3.33. The zero-order valence-corrected chi connectivity index (χ0v) is 13.6. The van der Waals surface area contributed by atoms with Crippen LogP contribution >= 0.6 is 0 Å². The highest BCUT2D eigenvalue weighted by Gasteiger charge is 2.13. The number of benzene rings is 2. The van der Waals surface area contributed by atoms with Crippen LogP contribution in [0.5, 0.6) is 5.75 Å². The Morgan fingerprint density at radius 2 is 1.92 bits per heavy atom. The highest BCUT2D eigenvalue weighted by molar-refractivity contribution is 5.76. The van der Waals surface area contributed by atoms with Crippen LogP contribution in [0.4, 0.5) is 0 Å². The summed E-state index contributed by atoms with van der Waals surface area (Å²) in [5, 5.41) is 0. The van der Waals surface area contributed by atoms with E-state index in [-0.39, 0.29) is 5.56 Å². The van der Waals surface area contributed by atoms with Crippen molar-refractivity contribution in [1.82, 2.24) is 19.9 Å². The molecule has 2 heterocycles. The molecule has 4 aromatic rings. The number of aromatic amines is 2. The summed E-state index contributed by atoms with van der Waals surface area (Å²) in [6.07, 6.45) is 1.46. The van der Waals surface area contributed by atoms with Crippen LogP contribution in [-0.2, 0) is 0 Å². The van der Waals surface area contributed by atoms with Gasteiger partial charge in [-0.3, -0.25) is 4.79 Å². The minimum absolute atomic E-state index is 0.282. The predicted octanol–water partition coefficient (Wildman–Crippen LogP) is 3.38. The first-order chi connectivity index (χ1) is 12.3.